The summed E-state index contributed by atoms with van der Waals surface area (Å²) in [6.07, 6.45) is 0. The first-order valence-corrected chi connectivity index (χ1v) is 5.48. The van der Waals surface area contributed by atoms with Crippen molar-refractivity contribution in [3.05, 3.63) is 46.7 Å². The Hall–Kier alpha value is -1.74. The molecule has 4 heteroatoms. The molecule has 0 aliphatic carbocycles. The van der Waals surface area contributed by atoms with Crippen LogP contribution in [0.25, 0.3) is 11.1 Å². The lowest BCUT2D eigenvalue weighted by molar-refractivity contribution is 0.629. The zero-order valence-electron chi connectivity index (χ0n) is 9.30. The van der Waals surface area contributed by atoms with Crippen molar-refractivity contribution in [2.75, 3.05) is 11.5 Å². The normalized spacial score (nSPS) is 10.5. The van der Waals surface area contributed by atoms with Gasteiger partial charge in [0.05, 0.1) is 5.02 Å². The second-order valence-corrected chi connectivity index (χ2v) is 4.28. The van der Waals surface area contributed by atoms with E-state index in [1.54, 1.807) is 18.2 Å². The van der Waals surface area contributed by atoms with Crippen LogP contribution in [0.15, 0.2) is 30.3 Å². The summed E-state index contributed by atoms with van der Waals surface area (Å²) >= 11 is 5.65. The summed E-state index contributed by atoms with van der Waals surface area (Å²) < 4.78 is 13.4. The van der Waals surface area contributed by atoms with E-state index in [1.807, 2.05) is 6.92 Å². The Kier molecular flexibility index (Phi) is 2.94. The van der Waals surface area contributed by atoms with Crippen LogP contribution in [0.4, 0.5) is 15.8 Å². The van der Waals surface area contributed by atoms with E-state index < -0.39 is 5.82 Å². The maximum atomic E-state index is 13.4. The maximum Gasteiger partial charge on any atom is 0.142 e. The SMILES string of the molecule is Cc1c(N)ccc(N)c1-c1ccc(Cl)c(F)c1. The predicted octanol–water partition coefficient (Wildman–Crippen LogP) is 3.62. The van der Waals surface area contributed by atoms with Crippen LogP contribution < -0.4 is 11.5 Å². The van der Waals surface area contributed by atoms with Crippen molar-refractivity contribution in [1.29, 1.82) is 0 Å². The lowest BCUT2D eigenvalue weighted by Gasteiger charge is -2.12. The Labute approximate surface area is 104 Å². The Balaban J connectivity index is 2.68. The Morgan fingerprint density at radius 3 is 2.35 bits per heavy atom. The first-order valence-electron chi connectivity index (χ1n) is 5.10. The number of halogens is 2. The molecule has 17 heavy (non-hydrogen) atoms. The second-order valence-electron chi connectivity index (χ2n) is 3.87. The molecule has 0 bridgehead atoms. The Morgan fingerprint density at radius 2 is 1.71 bits per heavy atom. The predicted molar refractivity (Wildman–Crippen MR) is 70.4 cm³/mol. The molecule has 2 rings (SSSR count). The molecule has 0 heterocycles. The molecule has 0 aromatic heterocycles. The number of anilines is 2. The molecule has 0 amide bonds. The summed E-state index contributed by atoms with van der Waals surface area (Å²) in [4.78, 5) is 0. The summed E-state index contributed by atoms with van der Waals surface area (Å²) in [5.41, 5.74) is 15.2. The minimum Gasteiger partial charge on any atom is -0.398 e. The van der Waals surface area contributed by atoms with Crippen LogP contribution in [-0.2, 0) is 0 Å². The molecule has 2 aromatic carbocycles. The molecule has 4 N–H and O–H groups in total. The molecular weight excluding hydrogens is 239 g/mol. The van der Waals surface area contributed by atoms with Gasteiger partial charge < -0.3 is 11.5 Å². The molecule has 0 aliphatic rings. The van der Waals surface area contributed by atoms with Crippen LogP contribution in [0.1, 0.15) is 5.56 Å². The van der Waals surface area contributed by atoms with Crippen molar-refractivity contribution in [3.63, 3.8) is 0 Å². The summed E-state index contributed by atoms with van der Waals surface area (Å²) in [6.45, 7) is 1.85. The van der Waals surface area contributed by atoms with E-state index in [4.69, 9.17) is 23.1 Å². The largest absolute Gasteiger partial charge is 0.398 e. The molecule has 2 nitrogen and oxygen atoms in total. The molecule has 0 atom stereocenters. The van der Waals surface area contributed by atoms with Gasteiger partial charge in [-0.25, -0.2) is 4.39 Å². The van der Waals surface area contributed by atoms with Gasteiger partial charge in [-0.05, 0) is 42.3 Å². The van der Waals surface area contributed by atoms with Crippen molar-refractivity contribution in [2.45, 2.75) is 6.92 Å². The van der Waals surface area contributed by atoms with Crippen LogP contribution >= 0.6 is 11.6 Å². The van der Waals surface area contributed by atoms with Gasteiger partial charge in [0.2, 0.25) is 0 Å². The van der Waals surface area contributed by atoms with Crippen molar-refractivity contribution in [1.82, 2.24) is 0 Å². The van der Waals surface area contributed by atoms with Gasteiger partial charge in [0, 0.05) is 16.9 Å². The number of nitrogen functional groups attached to an aromatic ring is 2. The molecular formula is C13H12ClFN2. The highest BCUT2D eigenvalue weighted by Crippen LogP contribution is 2.34. The van der Waals surface area contributed by atoms with Gasteiger partial charge >= 0.3 is 0 Å². The minimum absolute atomic E-state index is 0.0916. The highest BCUT2D eigenvalue weighted by Gasteiger charge is 2.10. The van der Waals surface area contributed by atoms with Gasteiger partial charge in [-0.3, -0.25) is 0 Å². The Bertz CT molecular complexity index is 582. The number of hydrogen-bond acceptors (Lipinski definition) is 2. The molecule has 0 spiro atoms. The first-order chi connectivity index (χ1) is 8.00. The third-order valence-corrected chi connectivity index (χ3v) is 3.05. The molecule has 88 valence electrons. The van der Waals surface area contributed by atoms with Crippen molar-refractivity contribution < 1.29 is 4.39 Å². The number of benzene rings is 2. The highest BCUT2D eigenvalue weighted by molar-refractivity contribution is 6.30. The van der Waals surface area contributed by atoms with Gasteiger partial charge in [-0.15, -0.1) is 0 Å². The lowest BCUT2D eigenvalue weighted by atomic mass is 9.97. The number of hydrogen-bond donors (Lipinski definition) is 2. The molecule has 0 radical (unpaired) electrons. The summed E-state index contributed by atoms with van der Waals surface area (Å²) in [7, 11) is 0. The number of nitrogens with two attached hydrogens (primary N) is 2. The molecule has 0 aliphatic heterocycles. The van der Waals surface area contributed by atoms with E-state index in [9.17, 15) is 4.39 Å². The van der Waals surface area contributed by atoms with Crippen molar-refractivity contribution in [3.8, 4) is 11.1 Å². The first kappa shape index (κ1) is 11.7. The van der Waals surface area contributed by atoms with Crippen LogP contribution in [0.5, 0.6) is 0 Å². The summed E-state index contributed by atoms with van der Waals surface area (Å²) in [5.74, 6) is -0.467. The number of rotatable bonds is 1. The summed E-state index contributed by atoms with van der Waals surface area (Å²) in [6, 6.07) is 8.04. The standard InChI is InChI=1S/C13H12ClFN2/c1-7-11(16)4-5-12(17)13(7)8-2-3-9(14)10(15)6-8/h2-6H,16-17H2,1H3. The van der Waals surface area contributed by atoms with E-state index >= 15 is 0 Å². The molecule has 0 saturated carbocycles. The summed E-state index contributed by atoms with van der Waals surface area (Å²) in [5, 5.41) is 0.0916. The minimum atomic E-state index is -0.467. The monoisotopic (exact) mass is 250 g/mol. The molecule has 0 saturated heterocycles. The lowest BCUT2D eigenvalue weighted by Crippen LogP contribution is -1.98. The van der Waals surface area contributed by atoms with Gasteiger partial charge in [-0.2, -0.15) is 0 Å². The topological polar surface area (TPSA) is 52.0 Å². The third-order valence-electron chi connectivity index (χ3n) is 2.75. The van der Waals surface area contributed by atoms with Gasteiger partial charge in [0.1, 0.15) is 5.82 Å². The van der Waals surface area contributed by atoms with Crippen LogP contribution in [-0.4, -0.2) is 0 Å². The fraction of sp³-hybridized carbons (Fsp3) is 0.0769. The molecule has 0 fully saturated rings. The fourth-order valence-electron chi connectivity index (χ4n) is 1.78. The molecule has 2 aromatic rings. The average molecular weight is 251 g/mol. The smallest absolute Gasteiger partial charge is 0.142 e. The highest BCUT2D eigenvalue weighted by atomic mass is 35.5. The third kappa shape index (κ3) is 2.06. The van der Waals surface area contributed by atoms with E-state index in [2.05, 4.69) is 0 Å². The average Bonchev–Trinajstić information content (AvgIpc) is 2.29. The van der Waals surface area contributed by atoms with Crippen molar-refractivity contribution in [2.24, 2.45) is 0 Å². The van der Waals surface area contributed by atoms with E-state index in [0.29, 0.717) is 16.9 Å². The maximum absolute atomic E-state index is 13.4. The van der Waals surface area contributed by atoms with Crippen LogP contribution in [0.3, 0.4) is 0 Å². The van der Waals surface area contributed by atoms with E-state index in [1.165, 1.54) is 12.1 Å². The van der Waals surface area contributed by atoms with Crippen LogP contribution in [0.2, 0.25) is 5.02 Å². The quantitative estimate of drug-likeness (QED) is 0.760. The van der Waals surface area contributed by atoms with Gasteiger partial charge in [0.25, 0.3) is 0 Å². The van der Waals surface area contributed by atoms with E-state index in [-0.39, 0.29) is 5.02 Å². The van der Waals surface area contributed by atoms with E-state index in [0.717, 1.165) is 11.1 Å². The zero-order valence-corrected chi connectivity index (χ0v) is 10.1. The zero-order chi connectivity index (χ0) is 12.6. The molecule has 0 unspecified atom stereocenters. The van der Waals surface area contributed by atoms with Crippen molar-refractivity contribution >= 4 is 23.0 Å². The van der Waals surface area contributed by atoms with Gasteiger partial charge in [-0.1, -0.05) is 17.7 Å². The van der Waals surface area contributed by atoms with Gasteiger partial charge in [0.15, 0.2) is 0 Å². The second kappa shape index (κ2) is 4.26. The fourth-order valence-corrected chi connectivity index (χ4v) is 1.90. The Morgan fingerprint density at radius 1 is 1.06 bits per heavy atom. The van der Waals surface area contributed by atoms with Crippen LogP contribution in [0, 0.1) is 12.7 Å².